The molecule has 36 heavy (non-hydrogen) atoms. The van der Waals surface area contributed by atoms with Crippen LogP contribution in [0.3, 0.4) is 0 Å². The Kier molecular flexibility index (Phi) is 10.2. The Morgan fingerprint density at radius 3 is 2.75 bits per heavy atom. The number of aliphatic carboxylic acids is 1. The third kappa shape index (κ3) is 8.29. The highest BCUT2D eigenvalue weighted by Gasteiger charge is 2.14. The fourth-order valence-electron chi connectivity index (χ4n) is 2.51. The predicted octanol–water partition coefficient (Wildman–Crippen LogP) is 4.43. The quantitative estimate of drug-likeness (QED) is 0.170. The molecule has 0 aliphatic heterocycles. The van der Waals surface area contributed by atoms with E-state index in [1.54, 1.807) is 30.3 Å². The molecular weight excluding hydrogens is 603 g/mol. The molecule has 0 saturated carbocycles. The van der Waals surface area contributed by atoms with Gasteiger partial charge in [-0.25, -0.2) is 10.2 Å². The van der Waals surface area contributed by atoms with Gasteiger partial charge < -0.3 is 23.7 Å². The molecule has 0 saturated heterocycles. The fourth-order valence-corrected chi connectivity index (χ4v) is 4.12. The number of nitrogens with one attached hydrogen (secondary N) is 1. The first-order valence-electron chi connectivity index (χ1n) is 9.82. The lowest BCUT2D eigenvalue weighted by Gasteiger charge is -2.12. The molecule has 1 heterocycles. The highest BCUT2D eigenvalue weighted by atomic mass is 79.9. The van der Waals surface area contributed by atoms with Crippen LogP contribution in [0.1, 0.15) is 11.5 Å². The highest BCUT2D eigenvalue weighted by molar-refractivity contribution is 9.10. The number of benzene rings is 2. The van der Waals surface area contributed by atoms with Crippen molar-refractivity contribution in [2.24, 2.45) is 5.10 Å². The normalized spacial score (nSPS) is 10.9. The van der Waals surface area contributed by atoms with Crippen molar-refractivity contribution in [3.8, 4) is 17.2 Å². The number of rotatable bonds is 12. The molecule has 15 heteroatoms. The van der Waals surface area contributed by atoms with Crippen molar-refractivity contribution in [2.75, 3.05) is 19.5 Å². The fraction of sp³-hybridized carbons (Fsp3) is 0.190. The average molecular weight is 620 g/mol. The monoisotopic (exact) mass is 618 g/mol. The van der Waals surface area contributed by atoms with Crippen molar-refractivity contribution in [1.82, 2.24) is 15.6 Å². The Bertz CT molecular complexity index is 1280. The number of thioether (sulfide) groups is 1. The third-order valence-electron chi connectivity index (χ3n) is 4.01. The van der Waals surface area contributed by atoms with Gasteiger partial charge in [0.25, 0.3) is 17.0 Å². The zero-order valence-electron chi connectivity index (χ0n) is 18.4. The maximum absolute atomic E-state index is 12.1. The molecule has 0 spiro atoms. The smallest absolute Gasteiger partial charge is 0.341 e. The van der Waals surface area contributed by atoms with Crippen molar-refractivity contribution in [1.29, 1.82) is 0 Å². The lowest BCUT2D eigenvalue weighted by atomic mass is 10.2. The van der Waals surface area contributed by atoms with Gasteiger partial charge in [-0.2, -0.15) is 5.10 Å². The maximum Gasteiger partial charge on any atom is 0.341 e. The second-order valence-corrected chi connectivity index (χ2v) is 9.25. The molecule has 0 aliphatic carbocycles. The number of carboxylic acids is 1. The summed E-state index contributed by atoms with van der Waals surface area (Å²) in [5, 5.41) is 21.4. The molecule has 3 rings (SSSR count). The topological polar surface area (TPSA) is 145 Å². The van der Waals surface area contributed by atoms with Gasteiger partial charge >= 0.3 is 5.97 Å². The van der Waals surface area contributed by atoms with Gasteiger partial charge in [0.15, 0.2) is 24.7 Å². The number of methoxy groups -OCH3 is 1. The lowest BCUT2D eigenvalue weighted by molar-refractivity contribution is -0.139. The van der Waals surface area contributed by atoms with Crippen molar-refractivity contribution in [3.63, 3.8) is 0 Å². The number of ether oxygens (including phenoxy) is 3. The summed E-state index contributed by atoms with van der Waals surface area (Å²) in [6.45, 7) is -0.536. The number of nitrogens with zero attached hydrogens (tertiary/aromatic N) is 3. The van der Waals surface area contributed by atoms with Crippen LogP contribution in [-0.2, 0) is 16.2 Å². The Morgan fingerprint density at radius 2 is 2.03 bits per heavy atom. The largest absolute Gasteiger partial charge is 0.493 e. The van der Waals surface area contributed by atoms with Gasteiger partial charge in [-0.15, -0.1) is 10.2 Å². The Labute approximate surface area is 227 Å². The van der Waals surface area contributed by atoms with Gasteiger partial charge in [0.2, 0.25) is 0 Å². The SMILES string of the molecule is COc1cc(/C=N\NC(=O)CSc2nnc(COc3ccc(Cl)cc3Cl)o2)cc(Br)c1OCC(=O)O. The van der Waals surface area contributed by atoms with E-state index in [4.69, 9.17) is 46.9 Å². The summed E-state index contributed by atoms with van der Waals surface area (Å²) in [6, 6.07) is 8.02. The average Bonchev–Trinajstić information content (AvgIpc) is 3.29. The van der Waals surface area contributed by atoms with Crippen LogP contribution in [-0.4, -0.2) is 52.9 Å². The van der Waals surface area contributed by atoms with Gasteiger partial charge in [0, 0.05) is 5.02 Å². The molecular formula is C21H17BrCl2N4O7S. The number of halogens is 3. The summed E-state index contributed by atoms with van der Waals surface area (Å²) in [6.07, 6.45) is 1.39. The van der Waals surface area contributed by atoms with Crippen molar-refractivity contribution in [2.45, 2.75) is 11.8 Å². The van der Waals surface area contributed by atoms with Crippen LogP contribution in [0.25, 0.3) is 0 Å². The van der Waals surface area contributed by atoms with Crippen LogP contribution in [0.2, 0.25) is 10.0 Å². The molecule has 2 N–H and O–H groups in total. The molecule has 0 bridgehead atoms. The molecule has 0 fully saturated rings. The molecule has 190 valence electrons. The number of carbonyl (C=O) groups excluding carboxylic acids is 1. The minimum atomic E-state index is -1.12. The minimum Gasteiger partial charge on any atom is -0.493 e. The number of hydrogen-bond acceptors (Lipinski definition) is 10. The molecule has 0 atom stereocenters. The van der Waals surface area contributed by atoms with Gasteiger partial charge in [-0.1, -0.05) is 35.0 Å². The standard InChI is InChI=1S/C21H17BrCl2N4O7S/c1-32-16-5-11(4-13(22)20(16)34-9-19(30)31)7-25-26-17(29)10-36-21-28-27-18(35-21)8-33-15-3-2-12(23)6-14(15)24/h2-7H,8-10H2,1H3,(H,26,29)(H,30,31)/b25-7-. The Balaban J connectivity index is 1.47. The number of hydrogen-bond donors (Lipinski definition) is 2. The summed E-state index contributed by atoms with van der Waals surface area (Å²) in [7, 11) is 1.41. The number of amides is 1. The van der Waals surface area contributed by atoms with E-state index in [-0.39, 0.29) is 29.2 Å². The van der Waals surface area contributed by atoms with Crippen LogP contribution in [0.4, 0.5) is 0 Å². The molecule has 0 aliphatic rings. The van der Waals surface area contributed by atoms with Crippen molar-refractivity contribution < 1.29 is 33.3 Å². The highest BCUT2D eigenvalue weighted by Crippen LogP contribution is 2.36. The van der Waals surface area contributed by atoms with E-state index in [0.717, 1.165) is 11.8 Å². The van der Waals surface area contributed by atoms with Gasteiger partial charge in [-0.05, 0) is 51.8 Å². The van der Waals surface area contributed by atoms with E-state index in [1.165, 1.54) is 13.3 Å². The molecule has 2 aromatic carbocycles. The van der Waals surface area contributed by atoms with E-state index in [9.17, 15) is 9.59 Å². The van der Waals surface area contributed by atoms with E-state index >= 15 is 0 Å². The van der Waals surface area contributed by atoms with E-state index in [0.29, 0.717) is 31.6 Å². The van der Waals surface area contributed by atoms with Crippen LogP contribution in [0.15, 0.2) is 49.5 Å². The minimum absolute atomic E-state index is 0.00936. The number of hydrazone groups is 1. The van der Waals surface area contributed by atoms with Crippen LogP contribution >= 0.6 is 50.9 Å². The molecule has 0 unspecified atom stereocenters. The maximum atomic E-state index is 12.1. The Hall–Kier alpha value is -3.00. The number of carbonyl (C=O) groups is 2. The first-order chi connectivity index (χ1) is 17.2. The van der Waals surface area contributed by atoms with E-state index in [2.05, 4.69) is 36.7 Å². The number of carboxylic acid groups (broad SMARTS) is 1. The Morgan fingerprint density at radius 1 is 1.22 bits per heavy atom. The van der Waals surface area contributed by atoms with E-state index < -0.39 is 18.5 Å². The van der Waals surface area contributed by atoms with Gasteiger partial charge in [0.1, 0.15) is 5.75 Å². The molecule has 1 aromatic heterocycles. The summed E-state index contributed by atoms with van der Waals surface area (Å²) in [5.74, 6) is -0.412. The molecule has 3 aromatic rings. The molecule has 11 nitrogen and oxygen atoms in total. The predicted molar refractivity (Wildman–Crippen MR) is 135 cm³/mol. The number of aromatic nitrogens is 2. The zero-order valence-corrected chi connectivity index (χ0v) is 22.3. The summed E-state index contributed by atoms with van der Waals surface area (Å²) >= 11 is 16.2. The lowest BCUT2D eigenvalue weighted by Crippen LogP contribution is -2.19. The first-order valence-corrected chi connectivity index (χ1v) is 12.4. The second kappa shape index (κ2) is 13.3. The van der Waals surface area contributed by atoms with Crippen LogP contribution < -0.4 is 19.6 Å². The molecule has 1 amide bonds. The van der Waals surface area contributed by atoms with Crippen LogP contribution in [0, 0.1) is 0 Å². The van der Waals surface area contributed by atoms with Crippen molar-refractivity contribution in [3.05, 3.63) is 56.3 Å². The van der Waals surface area contributed by atoms with Gasteiger partial charge in [0.05, 0.1) is 28.6 Å². The summed E-state index contributed by atoms with van der Waals surface area (Å²) in [5.41, 5.74) is 2.95. The van der Waals surface area contributed by atoms with Gasteiger partial charge in [-0.3, -0.25) is 4.79 Å². The van der Waals surface area contributed by atoms with Crippen molar-refractivity contribution >= 4 is 69.0 Å². The second-order valence-electron chi connectivity index (χ2n) is 6.62. The summed E-state index contributed by atoms with van der Waals surface area (Å²) < 4.78 is 21.9. The van der Waals surface area contributed by atoms with E-state index in [1.807, 2.05) is 0 Å². The van der Waals surface area contributed by atoms with Crippen LogP contribution in [0.5, 0.6) is 17.2 Å². The third-order valence-corrected chi connectivity index (χ3v) is 5.95. The first kappa shape index (κ1) is 27.6. The molecule has 0 radical (unpaired) electrons. The zero-order chi connectivity index (χ0) is 26.1. The summed E-state index contributed by atoms with van der Waals surface area (Å²) in [4.78, 5) is 22.8.